The number of nitrogen functional groups attached to an aromatic ring is 1. The number of carbonyl (C=O) groups is 5. The van der Waals surface area contributed by atoms with E-state index in [9.17, 15) is 39.3 Å². The number of halogens is 4. The quantitative estimate of drug-likeness (QED) is 0.119. The molecule has 0 fully saturated rings. The second kappa shape index (κ2) is 22.1. The number of carboxylic acids is 5. The lowest BCUT2D eigenvalue weighted by molar-refractivity contribution is -0.144. The third-order valence-corrected chi connectivity index (χ3v) is 5.29. The summed E-state index contributed by atoms with van der Waals surface area (Å²) in [4.78, 5) is 60.6. The van der Waals surface area contributed by atoms with E-state index in [2.05, 4.69) is 0 Å². The molecule has 0 radical (unpaired) electrons. The molecule has 14 nitrogen and oxygen atoms in total. The van der Waals surface area contributed by atoms with Gasteiger partial charge in [-0.2, -0.15) is 0 Å². The molecule has 0 aliphatic heterocycles. The Kier molecular flexibility index (Phi) is 24.6. The Balaban J connectivity index is -0.00000162. The second-order valence-electron chi connectivity index (χ2n) is 8.42. The summed E-state index contributed by atoms with van der Waals surface area (Å²) in [6, 6.07) is 5.15. The van der Waals surface area contributed by atoms with Crippen molar-refractivity contribution in [3.8, 4) is 0 Å². The molecule has 0 saturated carbocycles. The fourth-order valence-corrected chi connectivity index (χ4v) is 3.79. The average molecular weight is 658 g/mol. The molecule has 40 heavy (non-hydrogen) atoms. The number of nitrogens with two attached hydrogens (primary N) is 1. The molecule has 1 rings (SSSR count). The molecule has 0 amide bonds. The molecule has 7 N–H and O–H groups in total. The molecule has 0 aliphatic rings. The second-order valence-corrected chi connectivity index (χ2v) is 8.42. The number of benzene rings is 1. The van der Waals surface area contributed by atoms with Crippen LogP contribution in [0.25, 0.3) is 0 Å². The van der Waals surface area contributed by atoms with Gasteiger partial charge in [0, 0.05) is 30.9 Å². The maximum atomic E-state index is 11.6. The standard InChI is InChI=1S/C22H32N4O10.4ClH/c1-14(25(10-19(29)30)11-20(31)32)7-24(9-18(27)28)8-17(6-15-2-4-16(23)5-3-15)26(12-21(33)34)13-22(35)36;;;;/h2-5,14,17H,6-13,23H2,1H3,(H,27,28)(H,29,30)(H,31,32)(H,33,34)(H,35,36);4*1H/t14-,17+;;;;/m0..../s1. The molecule has 0 unspecified atom stereocenters. The molecule has 2 atom stereocenters. The molecule has 0 heterocycles. The lowest BCUT2D eigenvalue weighted by Crippen LogP contribution is -2.53. The molecule has 1 aromatic carbocycles. The Labute approximate surface area is 255 Å². The van der Waals surface area contributed by atoms with Crippen molar-refractivity contribution in [1.82, 2.24) is 14.7 Å². The normalized spacial score (nSPS) is 11.7. The number of rotatable bonds is 18. The van der Waals surface area contributed by atoms with E-state index in [0.717, 1.165) is 4.90 Å². The van der Waals surface area contributed by atoms with Crippen LogP contribution in [0.4, 0.5) is 5.69 Å². The molecule has 0 aliphatic carbocycles. The van der Waals surface area contributed by atoms with Gasteiger partial charge in [0.15, 0.2) is 0 Å². The molecular weight excluding hydrogens is 622 g/mol. The van der Waals surface area contributed by atoms with Gasteiger partial charge in [-0.15, -0.1) is 49.6 Å². The highest BCUT2D eigenvalue weighted by molar-refractivity contribution is 5.86. The van der Waals surface area contributed by atoms with Crippen molar-refractivity contribution in [3.63, 3.8) is 0 Å². The van der Waals surface area contributed by atoms with Gasteiger partial charge in [0.25, 0.3) is 0 Å². The smallest absolute Gasteiger partial charge is 0.317 e. The van der Waals surface area contributed by atoms with Crippen LogP contribution >= 0.6 is 49.6 Å². The van der Waals surface area contributed by atoms with Gasteiger partial charge in [-0.25, -0.2) is 0 Å². The zero-order valence-corrected chi connectivity index (χ0v) is 24.7. The fraction of sp³-hybridized carbons (Fsp3) is 0.500. The van der Waals surface area contributed by atoms with Crippen LogP contribution in [0.3, 0.4) is 0 Å². The first-order valence-electron chi connectivity index (χ1n) is 10.9. The number of hydrogen-bond acceptors (Lipinski definition) is 9. The van der Waals surface area contributed by atoms with Gasteiger partial charge in [-0.3, -0.25) is 38.7 Å². The molecular formula is C22H36Cl4N4O10. The predicted octanol–water partition coefficient (Wildman–Crippen LogP) is 0.585. The van der Waals surface area contributed by atoms with Crippen LogP contribution in [-0.4, -0.2) is 128 Å². The van der Waals surface area contributed by atoms with Crippen LogP contribution in [0, 0.1) is 0 Å². The van der Waals surface area contributed by atoms with Crippen LogP contribution in [-0.2, 0) is 30.4 Å². The van der Waals surface area contributed by atoms with Gasteiger partial charge in [0.05, 0.1) is 32.7 Å². The lowest BCUT2D eigenvalue weighted by atomic mass is 10.0. The number of carboxylic acid groups (broad SMARTS) is 5. The first kappa shape index (κ1) is 44.4. The largest absolute Gasteiger partial charge is 0.480 e. The van der Waals surface area contributed by atoms with Crippen molar-refractivity contribution in [2.45, 2.75) is 25.4 Å². The highest BCUT2D eigenvalue weighted by Crippen LogP contribution is 2.14. The molecule has 232 valence electrons. The minimum atomic E-state index is -1.27. The van der Waals surface area contributed by atoms with Crippen molar-refractivity contribution in [2.24, 2.45) is 0 Å². The maximum absolute atomic E-state index is 11.6. The summed E-state index contributed by atoms with van der Waals surface area (Å²) in [5.41, 5.74) is 6.90. The van der Waals surface area contributed by atoms with Crippen molar-refractivity contribution in [2.75, 3.05) is 51.5 Å². The Hall–Kier alpha value is -2.59. The zero-order chi connectivity index (χ0) is 27.4. The predicted molar refractivity (Wildman–Crippen MR) is 155 cm³/mol. The van der Waals surface area contributed by atoms with Gasteiger partial charge in [0.1, 0.15) is 0 Å². The van der Waals surface area contributed by atoms with Crippen molar-refractivity contribution in [1.29, 1.82) is 0 Å². The summed E-state index contributed by atoms with van der Waals surface area (Å²) < 4.78 is 0. The van der Waals surface area contributed by atoms with Gasteiger partial charge < -0.3 is 31.3 Å². The summed E-state index contributed by atoms with van der Waals surface area (Å²) in [6.45, 7) is -1.55. The minimum absolute atomic E-state index is 0. The highest BCUT2D eigenvalue weighted by Gasteiger charge is 2.29. The highest BCUT2D eigenvalue weighted by atomic mass is 35.5. The van der Waals surface area contributed by atoms with E-state index in [1.54, 1.807) is 31.2 Å². The van der Waals surface area contributed by atoms with Gasteiger partial charge >= 0.3 is 29.8 Å². The monoisotopic (exact) mass is 656 g/mol. The molecule has 18 heteroatoms. The third-order valence-electron chi connectivity index (χ3n) is 5.29. The van der Waals surface area contributed by atoms with Crippen LogP contribution in [0.2, 0.25) is 0 Å². The first-order valence-corrected chi connectivity index (χ1v) is 10.9. The molecule has 0 spiro atoms. The Morgan fingerprint density at radius 2 is 1.02 bits per heavy atom. The molecule has 0 saturated heterocycles. The van der Waals surface area contributed by atoms with E-state index in [4.69, 9.17) is 15.9 Å². The maximum Gasteiger partial charge on any atom is 0.317 e. The topological polar surface area (TPSA) is 222 Å². The fourth-order valence-electron chi connectivity index (χ4n) is 3.79. The summed E-state index contributed by atoms with van der Waals surface area (Å²) in [5.74, 6) is -6.29. The molecule has 1 aromatic rings. The van der Waals surface area contributed by atoms with E-state index in [1.807, 2.05) is 0 Å². The summed E-state index contributed by atoms with van der Waals surface area (Å²) >= 11 is 0. The first-order chi connectivity index (χ1) is 16.8. The summed E-state index contributed by atoms with van der Waals surface area (Å²) in [6.07, 6.45) is 0.166. The van der Waals surface area contributed by atoms with E-state index in [1.165, 1.54) is 9.80 Å². The Bertz CT molecular complexity index is 911. The third kappa shape index (κ3) is 18.7. The van der Waals surface area contributed by atoms with Crippen LogP contribution in [0.1, 0.15) is 12.5 Å². The van der Waals surface area contributed by atoms with Crippen LogP contribution < -0.4 is 5.73 Å². The van der Waals surface area contributed by atoms with E-state index in [0.29, 0.717) is 11.3 Å². The van der Waals surface area contributed by atoms with Gasteiger partial charge in [-0.1, -0.05) is 12.1 Å². The number of anilines is 1. The van der Waals surface area contributed by atoms with Crippen molar-refractivity contribution in [3.05, 3.63) is 29.8 Å². The molecule has 0 aromatic heterocycles. The van der Waals surface area contributed by atoms with E-state index >= 15 is 0 Å². The Morgan fingerprint density at radius 1 is 0.650 bits per heavy atom. The van der Waals surface area contributed by atoms with Crippen LogP contribution in [0.5, 0.6) is 0 Å². The number of hydrogen-bond donors (Lipinski definition) is 6. The Morgan fingerprint density at radius 3 is 1.40 bits per heavy atom. The zero-order valence-electron chi connectivity index (χ0n) is 21.5. The van der Waals surface area contributed by atoms with E-state index in [-0.39, 0.29) is 69.1 Å². The molecule has 0 bridgehead atoms. The summed E-state index contributed by atoms with van der Waals surface area (Å²) in [5, 5.41) is 46.4. The van der Waals surface area contributed by atoms with Crippen molar-refractivity contribution < 1.29 is 49.5 Å². The van der Waals surface area contributed by atoms with Gasteiger partial charge in [0.2, 0.25) is 0 Å². The average Bonchev–Trinajstić information content (AvgIpc) is 2.72. The number of nitrogens with zero attached hydrogens (tertiary/aromatic N) is 3. The number of aliphatic carboxylic acids is 5. The van der Waals surface area contributed by atoms with Crippen LogP contribution in [0.15, 0.2) is 24.3 Å². The SMILES string of the molecule is C[C@@H](CN(CC(=O)O)C[C@@H](Cc1ccc(N)cc1)N(CC(=O)O)CC(=O)O)N(CC(=O)O)CC(=O)O.Cl.Cl.Cl.Cl. The minimum Gasteiger partial charge on any atom is -0.480 e. The van der Waals surface area contributed by atoms with Gasteiger partial charge in [-0.05, 0) is 31.0 Å². The lowest BCUT2D eigenvalue weighted by Gasteiger charge is -2.36. The summed E-state index contributed by atoms with van der Waals surface area (Å²) in [7, 11) is 0. The van der Waals surface area contributed by atoms with Crippen molar-refractivity contribution >= 4 is 85.2 Å². The van der Waals surface area contributed by atoms with E-state index < -0.39 is 74.7 Å².